The molecule has 19 heavy (non-hydrogen) atoms. The van der Waals surface area contributed by atoms with Crippen LogP contribution in [0.5, 0.6) is 11.8 Å². The summed E-state index contributed by atoms with van der Waals surface area (Å²) in [5.74, 6) is -0.00929. The average molecular weight is 262 g/mol. The van der Waals surface area contributed by atoms with Crippen LogP contribution in [-0.4, -0.2) is 32.8 Å². The van der Waals surface area contributed by atoms with Gasteiger partial charge in [-0.1, -0.05) is 0 Å². The highest BCUT2D eigenvalue weighted by Gasteiger charge is 2.12. The Balaban J connectivity index is 2.11. The van der Waals surface area contributed by atoms with Crippen LogP contribution in [0.15, 0.2) is 18.2 Å². The third-order valence-electron chi connectivity index (χ3n) is 2.42. The van der Waals surface area contributed by atoms with Gasteiger partial charge in [-0.2, -0.15) is 4.98 Å². The molecule has 0 fully saturated rings. The molecule has 0 unspecified atom stereocenters. The second-order valence-electron chi connectivity index (χ2n) is 3.85. The third-order valence-corrected chi connectivity index (χ3v) is 2.42. The highest BCUT2D eigenvalue weighted by Crippen LogP contribution is 2.16. The number of aromatic hydroxyl groups is 1. The lowest BCUT2D eigenvalue weighted by atomic mass is 10.1. The van der Waals surface area contributed by atoms with E-state index in [4.69, 9.17) is 4.74 Å². The Bertz CT molecular complexity index is 594. The minimum atomic E-state index is -0.336. The van der Waals surface area contributed by atoms with Crippen molar-refractivity contribution in [1.82, 2.24) is 15.2 Å². The molecule has 0 saturated carbocycles. The van der Waals surface area contributed by atoms with Crippen molar-refractivity contribution in [3.63, 3.8) is 0 Å². The number of H-pyrrole nitrogens is 1. The van der Waals surface area contributed by atoms with Crippen molar-refractivity contribution in [3.05, 3.63) is 29.3 Å². The number of hydrogen-bond donors (Lipinski definition) is 3. The van der Waals surface area contributed by atoms with Gasteiger partial charge in [-0.25, -0.2) is 5.10 Å². The van der Waals surface area contributed by atoms with Crippen molar-refractivity contribution < 1.29 is 14.6 Å². The molecular formula is C12H14N4O3. The summed E-state index contributed by atoms with van der Waals surface area (Å²) in [5, 5.41) is 18.2. The van der Waals surface area contributed by atoms with Gasteiger partial charge >= 0.3 is 6.01 Å². The number of carbonyl (C=O) groups is 1. The van der Waals surface area contributed by atoms with E-state index in [2.05, 4.69) is 20.5 Å². The van der Waals surface area contributed by atoms with Gasteiger partial charge in [0.25, 0.3) is 5.91 Å². The van der Waals surface area contributed by atoms with Gasteiger partial charge in [0.2, 0.25) is 5.95 Å². The summed E-state index contributed by atoms with van der Waals surface area (Å²) in [6.45, 7) is 4.00. The molecule has 0 bridgehead atoms. The number of carbonyl (C=O) groups excluding carboxylic acids is 1. The highest BCUT2D eigenvalue weighted by molar-refractivity contribution is 6.04. The molecule has 0 aliphatic carbocycles. The lowest BCUT2D eigenvalue weighted by Gasteiger charge is -2.05. The monoisotopic (exact) mass is 262 g/mol. The molecule has 2 rings (SSSR count). The Morgan fingerprint density at radius 1 is 1.53 bits per heavy atom. The first kappa shape index (κ1) is 12.9. The van der Waals surface area contributed by atoms with Gasteiger partial charge in [0.15, 0.2) is 0 Å². The minimum absolute atomic E-state index is 0.118. The van der Waals surface area contributed by atoms with Gasteiger partial charge in [0, 0.05) is 5.56 Å². The third kappa shape index (κ3) is 3.01. The Morgan fingerprint density at radius 2 is 2.32 bits per heavy atom. The normalized spacial score (nSPS) is 10.2. The van der Waals surface area contributed by atoms with Gasteiger partial charge in [-0.3, -0.25) is 10.1 Å². The molecule has 0 atom stereocenters. The Morgan fingerprint density at radius 3 is 3.00 bits per heavy atom. The molecule has 0 radical (unpaired) electrons. The zero-order valence-electron chi connectivity index (χ0n) is 10.6. The highest BCUT2D eigenvalue weighted by atomic mass is 16.5. The second-order valence-corrected chi connectivity index (χ2v) is 3.85. The summed E-state index contributed by atoms with van der Waals surface area (Å²) in [4.78, 5) is 15.9. The van der Waals surface area contributed by atoms with Crippen molar-refractivity contribution in [2.24, 2.45) is 0 Å². The molecule has 7 heteroatoms. The predicted octanol–water partition coefficient (Wildman–Crippen LogP) is 1.47. The largest absolute Gasteiger partial charge is 0.508 e. The van der Waals surface area contributed by atoms with Crippen molar-refractivity contribution >= 4 is 11.9 Å². The number of hydrogen-bond acceptors (Lipinski definition) is 5. The van der Waals surface area contributed by atoms with Gasteiger partial charge in [-0.15, -0.1) is 5.10 Å². The van der Waals surface area contributed by atoms with Crippen molar-refractivity contribution in [2.45, 2.75) is 13.8 Å². The van der Waals surface area contributed by atoms with Crippen molar-refractivity contribution in [1.29, 1.82) is 0 Å². The van der Waals surface area contributed by atoms with E-state index in [1.165, 1.54) is 12.1 Å². The van der Waals surface area contributed by atoms with Gasteiger partial charge in [0.05, 0.1) is 6.61 Å². The average Bonchev–Trinajstić information content (AvgIpc) is 2.76. The number of ether oxygens (including phenoxy) is 1. The van der Waals surface area contributed by atoms with E-state index in [1.807, 2.05) is 6.92 Å². The van der Waals surface area contributed by atoms with E-state index in [1.54, 1.807) is 13.0 Å². The van der Waals surface area contributed by atoms with Crippen LogP contribution in [0, 0.1) is 6.92 Å². The second kappa shape index (κ2) is 5.38. The zero-order valence-corrected chi connectivity index (χ0v) is 10.6. The molecule has 0 saturated heterocycles. The molecule has 0 aliphatic heterocycles. The number of phenols is 1. The van der Waals surface area contributed by atoms with E-state index < -0.39 is 0 Å². The minimum Gasteiger partial charge on any atom is -0.508 e. The number of aromatic amines is 1. The van der Waals surface area contributed by atoms with Crippen LogP contribution < -0.4 is 10.1 Å². The van der Waals surface area contributed by atoms with Gasteiger partial charge in [-0.05, 0) is 37.6 Å². The number of rotatable bonds is 4. The molecule has 0 aliphatic rings. The molecule has 0 spiro atoms. The summed E-state index contributed by atoms with van der Waals surface area (Å²) < 4.78 is 5.08. The van der Waals surface area contributed by atoms with Crippen LogP contribution >= 0.6 is 0 Å². The summed E-state index contributed by atoms with van der Waals surface area (Å²) >= 11 is 0. The summed E-state index contributed by atoms with van der Waals surface area (Å²) in [5.41, 5.74) is 1.12. The van der Waals surface area contributed by atoms with Crippen LogP contribution in [-0.2, 0) is 0 Å². The first-order chi connectivity index (χ1) is 9.10. The fourth-order valence-corrected chi connectivity index (χ4v) is 1.57. The Kier molecular flexibility index (Phi) is 3.65. The number of benzene rings is 1. The number of aromatic nitrogens is 3. The predicted molar refractivity (Wildman–Crippen MR) is 68.3 cm³/mol. The number of nitrogens with zero attached hydrogens (tertiary/aromatic N) is 2. The molecule has 1 amide bonds. The van der Waals surface area contributed by atoms with E-state index in [-0.39, 0.29) is 23.6 Å². The zero-order chi connectivity index (χ0) is 13.8. The molecule has 2 aromatic rings. The quantitative estimate of drug-likeness (QED) is 0.774. The molecule has 100 valence electrons. The lowest BCUT2D eigenvalue weighted by Crippen LogP contribution is -2.14. The van der Waals surface area contributed by atoms with E-state index in [0.29, 0.717) is 17.7 Å². The maximum atomic E-state index is 12.0. The van der Waals surface area contributed by atoms with Crippen LogP contribution in [0.4, 0.5) is 5.95 Å². The SMILES string of the molecule is CCOc1n[nH]c(NC(=O)c2ccc(O)cc2C)n1. The Hall–Kier alpha value is -2.57. The molecular weight excluding hydrogens is 248 g/mol. The fourth-order valence-electron chi connectivity index (χ4n) is 1.57. The number of anilines is 1. The summed E-state index contributed by atoms with van der Waals surface area (Å²) in [7, 11) is 0. The topological polar surface area (TPSA) is 100 Å². The number of aryl methyl sites for hydroxylation is 1. The summed E-state index contributed by atoms with van der Waals surface area (Å²) in [6, 6.07) is 4.69. The maximum absolute atomic E-state index is 12.0. The number of phenolic OH excluding ortho intramolecular Hbond substituents is 1. The fraction of sp³-hybridized carbons (Fsp3) is 0.250. The van der Waals surface area contributed by atoms with Gasteiger partial charge < -0.3 is 9.84 Å². The van der Waals surface area contributed by atoms with Crippen molar-refractivity contribution in [2.75, 3.05) is 11.9 Å². The van der Waals surface area contributed by atoms with Crippen LogP contribution in [0.1, 0.15) is 22.8 Å². The van der Waals surface area contributed by atoms with E-state index in [0.717, 1.165) is 0 Å². The van der Waals surface area contributed by atoms with Crippen LogP contribution in [0.25, 0.3) is 0 Å². The van der Waals surface area contributed by atoms with E-state index >= 15 is 0 Å². The Labute approximate surface area is 109 Å². The first-order valence-corrected chi connectivity index (χ1v) is 5.76. The van der Waals surface area contributed by atoms with Crippen LogP contribution in [0.3, 0.4) is 0 Å². The molecule has 1 aromatic heterocycles. The maximum Gasteiger partial charge on any atom is 0.337 e. The summed E-state index contributed by atoms with van der Waals surface area (Å²) in [6.07, 6.45) is 0. The van der Waals surface area contributed by atoms with Crippen molar-refractivity contribution in [3.8, 4) is 11.8 Å². The van der Waals surface area contributed by atoms with Crippen LogP contribution in [0.2, 0.25) is 0 Å². The molecule has 1 heterocycles. The number of amides is 1. The first-order valence-electron chi connectivity index (χ1n) is 5.76. The van der Waals surface area contributed by atoms with Gasteiger partial charge in [0.1, 0.15) is 5.75 Å². The smallest absolute Gasteiger partial charge is 0.337 e. The molecule has 1 aromatic carbocycles. The molecule has 3 N–H and O–H groups in total. The molecule has 7 nitrogen and oxygen atoms in total. The standard InChI is InChI=1S/C12H14N4O3/c1-3-19-12-14-11(15-16-12)13-10(18)9-5-4-8(17)6-7(9)2/h4-6,17H,3H2,1-2H3,(H2,13,14,15,16,18). The lowest BCUT2D eigenvalue weighted by molar-refractivity contribution is 0.102. The van der Waals surface area contributed by atoms with E-state index in [9.17, 15) is 9.90 Å². The number of nitrogens with one attached hydrogen (secondary N) is 2.